The van der Waals surface area contributed by atoms with Gasteiger partial charge >= 0.3 is 0 Å². The number of pyridine rings is 1. The largest absolute Gasteiger partial charge is 0.354 e. The van der Waals surface area contributed by atoms with Crippen molar-refractivity contribution in [1.29, 1.82) is 0 Å². The van der Waals surface area contributed by atoms with Gasteiger partial charge in [0.1, 0.15) is 0 Å². The van der Waals surface area contributed by atoms with Gasteiger partial charge in [-0.15, -0.1) is 0 Å². The highest BCUT2D eigenvalue weighted by Gasteiger charge is 2.19. The molecule has 0 radical (unpaired) electrons. The summed E-state index contributed by atoms with van der Waals surface area (Å²) in [6, 6.07) is 17.8. The Labute approximate surface area is 160 Å². The molecule has 3 rings (SSSR count). The van der Waals surface area contributed by atoms with E-state index < -0.39 is 0 Å². The lowest BCUT2D eigenvalue weighted by Crippen LogP contribution is -2.18. The van der Waals surface area contributed by atoms with E-state index in [0.717, 1.165) is 22.6 Å². The van der Waals surface area contributed by atoms with Gasteiger partial charge in [0.15, 0.2) is 0 Å². The topological polar surface area (TPSA) is 54.0 Å². The van der Waals surface area contributed by atoms with Gasteiger partial charge in [-0.2, -0.15) is 0 Å². The molecule has 0 saturated carbocycles. The Morgan fingerprint density at radius 1 is 0.926 bits per heavy atom. The maximum Gasteiger partial charge on any atom is 0.257 e. The van der Waals surface area contributed by atoms with Crippen LogP contribution in [0.2, 0.25) is 0 Å². The number of carbonyl (C=O) groups excluding carboxylic acids is 1. The molecule has 4 heteroatoms. The second kappa shape index (κ2) is 7.62. The van der Waals surface area contributed by atoms with Crippen LogP contribution in [0.1, 0.15) is 42.3 Å². The molecule has 1 heterocycles. The molecule has 1 amide bonds. The molecular weight excluding hydrogens is 334 g/mol. The van der Waals surface area contributed by atoms with Gasteiger partial charge < -0.3 is 10.6 Å². The number of hydrogen-bond acceptors (Lipinski definition) is 3. The van der Waals surface area contributed by atoms with Crippen LogP contribution in [0.4, 0.5) is 17.1 Å². The predicted octanol–water partition coefficient (Wildman–Crippen LogP) is 5.68. The van der Waals surface area contributed by atoms with E-state index in [9.17, 15) is 4.79 Å². The average Bonchev–Trinajstić information content (AvgIpc) is 2.63. The van der Waals surface area contributed by atoms with Gasteiger partial charge in [-0.05, 0) is 42.2 Å². The van der Waals surface area contributed by atoms with Gasteiger partial charge in [-0.3, -0.25) is 9.78 Å². The first-order valence-electron chi connectivity index (χ1n) is 9.02. The van der Waals surface area contributed by atoms with Gasteiger partial charge in [-0.1, -0.05) is 56.7 Å². The molecule has 0 saturated heterocycles. The van der Waals surface area contributed by atoms with Gasteiger partial charge in [-0.25, -0.2) is 0 Å². The van der Waals surface area contributed by atoms with Gasteiger partial charge in [0, 0.05) is 17.6 Å². The molecule has 0 spiro atoms. The van der Waals surface area contributed by atoms with Crippen LogP contribution in [-0.2, 0) is 5.41 Å². The smallest absolute Gasteiger partial charge is 0.257 e. The van der Waals surface area contributed by atoms with E-state index in [0.29, 0.717) is 5.56 Å². The van der Waals surface area contributed by atoms with Crippen molar-refractivity contribution < 1.29 is 4.79 Å². The third kappa shape index (κ3) is 4.73. The lowest BCUT2D eigenvalue weighted by atomic mass is 9.86. The molecule has 1 aromatic heterocycles. The van der Waals surface area contributed by atoms with E-state index in [-0.39, 0.29) is 11.3 Å². The SMILES string of the molecule is Cc1ccc(Nc2cncc(C(=O)Nc3ccccc3C(C)(C)C)c2)cc1. The van der Waals surface area contributed by atoms with Crippen LogP contribution in [-0.4, -0.2) is 10.9 Å². The summed E-state index contributed by atoms with van der Waals surface area (Å²) >= 11 is 0. The normalized spacial score (nSPS) is 11.1. The molecule has 0 bridgehead atoms. The summed E-state index contributed by atoms with van der Waals surface area (Å²) in [5, 5.41) is 6.31. The number of nitrogens with zero attached hydrogens (tertiary/aromatic N) is 1. The standard InChI is InChI=1S/C23H25N3O/c1-16-9-11-18(12-10-16)25-19-13-17(14-24-15-19)22(27)26-21-8-6-5-7-20(21)23(2,3)4/h5-15,25H,1-4H3,(H,26,27). The molecule has 0 unspecified atom stereocenters. The average molecular weight is 359 g/mol. The fraction of sp³-hybridized carbons (Fsp3) is 0.217. The summed E-state index contributed by atoms with van der Waals surface area (Å²) in [5.74, 6) is -0.174. The van der Waals surface area contributed by atoms with Crippen molar-refractivity contribution in [3.63, 3.8) is 0 Å². The first-order chi connectivity index (χ1) is 12.8. The van der Waals surface area contributed by atoms with Crippen molar-refractivity contribution in [2.24, 2.45) is 0 Å². The molecule has 0 aliphatic rings. The van der Waals surface area contributed by atoms with Gasteiger partial charge in [0.05, 0.1) is 17.4 Å². The Morgan fingerprint density at radius 2 is 1.63 bits per heavy atom. The van der Waals surface area contributed by atoms with Crippen LogP contribution in [0, 0.1) is 6.92 Å². The van der Waals surface area contributed by atoms with Crippen LogP contribution in [0.25, 0.3) is 0 Å². The summed E-state index contributed by atoms with van der Waals surface area (Å²) in [5.41, 5.74) is 5.30. The fourth-order valence-corrected chi connectivity index (χ4v) is 2.88. The highest BCUT2D eigenvalue weighted by Crippen LogP contribution is 2.29. The fourth-order valence-electron chi connectivity index (χ4n) is 2.88. The number of para-hydroxylation sites is 1. The maximum atomic E-state index is 12.8. The molecule has 0 aliphatic heterocycles. The molecule has 2 aromatic carbocycles. The lowest BCUT2D eigenvalue weighted by molar-refractivity contribution is 0.102. The zero-order valence-corrected chi connectivity index (χ0v) is 16.2. The number of hydrogen-bond donors (Lipinski definition) is 2. The summed E-state index contributed by atoms with van der Waals surface area (Å²) in [7, 11) is 0. The molecule has 0 fully saturated rings. The number of carbonyl (C=O) groups is 1. The molecule has 3 aromatic rings. The van der Waals surface area contributed by atoms with E-state index in [2.05, 4.69) is 36.4 Å². The first-order valence-corrected chi connectivity index (χ1v) is 9.02. The van der Waals surface area contributed by atoms with Crippen molar-refractivity contribution in [2.75, 3.05) is 10.6 Å². The van der Waals surface area contributed by atoms with E-state index in [1.54, 1.807) is 12.4 Å². The maximum absolute atomic E-state index is 12.8. The molecule has 4 nitrogen and oxygen atoms in total. The Balaban J connectivity index is 1.79. The number of nitrogens with one attached hydrogen (secondary N) is 2. The van der Waals surface area contributed by atoms with Gasteiger partial charge in [0.25, 0.3) is 5.91 Å². The molecular formula is C23H25N3O. The molecule has 27 heavy (non-hydrogen) atoms. The summed E-state index contributed by atoms with van der Waals surface area (Å²) in [6.45, 7) is 8.44. The minimum Gasteiger partial charge on any atom is -0.354 e. The Morgan fingerprint density at radius 3 is 2.33 bits per heavy atom. The van der Waals surface area contributed by atoms with Crippen molar-refractivity contribution >= 4 is 23.0 Å². The minimum absolute atomic E-state index is 0.0586. The number of anilines is 3. The van der Waals surface area contributed by atoms with Crippen LogP contribution in [0.3, 0.4) is 0 Å². The quantitative estimate of drug-likeness (QED) is 0.630. The molecule has 0 aliphatic carbocycles. The number of amides is 1. The third-order valence-electron chi connectivity index (χ3n) is 4.32. The highest BCUT2D eigenvalue weighted by atomic mass is 16.1. The summed E-state index contributed by atoms with van der Waals surface area (Å²) in [6.07, 6.45) is 3.29. The Kier molecular flexibility index (Phi) is 5.26. The molecule has 0 atom stereocenters. The summed E-state index contributed by atoms with van der Waals surface area (Å²) in [4.78, 5) is 17.0. The van der Waals surface area contributed by atoms with Crippen LogP contribution >= 0.6 is 0 Å². The van der Waals surface area contributed by atoms with E-state index in [1.807, 2.05) is 61.5 Å². The highest BCUT2D eigenvalue weighted by molar-refractivity contribution is 6.05. The second-order valence-electron chi connectivity index (χ2n) is 7.70. The van der Waals surface area contributed by atoms with Crippen LogP contribution in [0.15, 0.2) is 67.0 Å². The minimum atomic E-state index is -0.174. The van der Waals surface area contributed by atoms with Crippen molar-refractivity contribution in [3.8, 4) is 0 Å². The Bertz CT molecular complexity index is 940. The number of benzene rings is 2. The van der Waals surface area contributed by atoms with E-state index in [1.165, 1.54) is 5.56 Å². The van der Waals surface area contributed by atoms with Gasteiger partial charge in [0.2, 0.25) is 0 Å². The van der Waals surface area contributed by atoms with Crippen molar-refractivity contribution in [2.45, 2.75) is 33.1 Å². The number of aryl methyl sites for hydroxylation is 1. The number of aromatic nitrogens is 1. The lowest BCUT2D eigenvalue weighted by Gasteiger charge is -2.23. The van der Waals surface area contributed by atoms with Crippen molar-refractivity contribution in [1.82, 2.24) is 4.98 Å². The zero-order chi connectivity index (χ0) is 19.4. The van der Waals surface area contributed by atoms with Crippen LogP contribution < -0.4 is 10.6 Å². The van der Waals surface area contributed by atoms with Crippen molar-refractivity contribution in [3.05, 3.63) is 83.7 Å². The van der Waals surface area contributed by atoms with E-state index in [4.69, 9.17) is 0 Å². The molecule has 138 valence electrons. The Hall–Kier alpha value is -3.14. The zero-order valence-electron chi connectivity index (χ0n) is 16.2. The molecule has 2 N–H and O–H groups in total. The number of rotatable bonds is 4. The predicted molar refractivity (Wildman–Crippen MR) is 112 cm³/mol. The monoisotopic (exact) mass is 359 g/mol. The van der Waals surface area contributed by atoms with Crippen LogP contribution in [0.5, 0.6) is 0 Å². The summed E-state index contributed by atoms with van der Waals surface area (Å²) < 4.78 is 0. The van der Waals surface area contributed by atoms with E-state index >= 15 is 0 Å². The first kappa shape index (κ1) is 18.6. The third-order valence-corrected chi connectivity index (χ3v) is 4.32. The second-order valence-corrected chi connectivity index (χ2v) is 7.70.